The van der Waals surface area contributed by atoms with E-state index in [0.29, 0.717) is 16.9 Å². The highest BCUT2D eigenvalue weighted by Gasteiger charge is 2.10. The Morgan fingerprint density at radius 1 is 1.05 bits per heavy atom. The van der Waals surface area contributed by atoms with Crippen LogP contribution < -0.4 is 11.1 Å². The molecule has 0 aliphatic carbocycles. The molecule has 0 atom stereocenters. The molecule has 1 aromatic heterocycles. The molecule has 0 unspecified atom stereocenters. The number of carbonyl (C=O) groups excluding carboxylic acids is 1. The van der Waals surface area contributed by atoms with Gasteiger partial charge in [-0.1, -0.05) is 30.3 Å². The van der Waals surface area contributed by atoms with E-state index in [1.54, 1.807) is 23.0 Å². The summed E-state index contributed by atoms with van der Waals surface area (Å²) in [6.45, 7) is 0. The molecule has 3 aromatic rings. The molecule has 1 amide bonds. The summed E-state index contributed by atoms with van der Waals surface area (Å²) in [5.74, 6) is -0.241. The number of para-hydroxylation sites is 3. The number of carbonyl (C=O) groups is 1. The summed E-state index contributed by atoms with van der Waals surface area (Å²) in [7, 11) is 0. The summed E-state index contributed by atoms with van der Waals surface area (Å²) in [4.78, 5) is 12.2. The van der Waals surface area contributed by atoms with Crippen LogP contribution in [-0.2, 0) is 0 Å². The third-order valence-corrected chi connectivity index (χ3v) is 3.07. The van der Waals surface area contributed by atoms with E-state index in [1.807, 2.05) is 42.5 Å². The largest absolute Gasteiger partial charge is 0.397 e. The number of nitrogens with one attached hydrogen (secondary N) is 1. The molecule has 0 saturated heterocycles. The van der Waals surface area contributed by atoms with Crippen molar-refractivity contribution in [2.45, 2.75) is 0 Å². The van der Waals surface area contributed by atoms with Crippen molar-refractivity contribution in [3.8, 4) is 5.69 Å². The van der Waals surface area contributed by atoms with Gasteiger partial charge in [0, 0.05) is 6.20 Å². The molecule has 2 aromatic carbocycles. The summed E-state index contributed by atoms with van der Waals surface area (Å²) < 4.78 is 1.66. The minimum absolute atomic E-state index is 0.241. The van der Waals surface area contributed by atoms with Gasteiger partial charge in [-0.3, -0.25) is 4.79 Å². The normalized spacial score (nSPS) is 10.3. The van der Waals surface area contributed by atoms with Crippen molar-refractivity contribution < 1.29 is 4.79 Å². The molecule has 0 radical (unpaired) electrons. The van der Waals surface area contributed by atoms with Gasteiger partial charge in [-0.05, 0) is 24.3 Å². The highest BCUT2D eigenvalue weighted by Crippen LogP contribution is 2.18. The first kappa shape index (κ1) is 12.9. The first-order valence-corrected chi connectivity index (χ1v) is 6.50. The zero-order chi connectivity index (χ0) is 14.7. The van der Waals surface area contributed by atoms with Gasteiger partial charge in [0.25, 0.3) is 5.91 Å². The van der Waals surface area contributed by atoms with Gasteiger partial charge in [-0.2, -0.15) is 5.10 Å². The lowest BCUT2D eigenvalue weighted by atomic mass is 10.2. The van der Waals surface area contributed by atoms with Crippen LogP contribution in [0.25, 0.3) is 5.69 Å². The predicted molar refractivity (Wildman–Crippen MR) is 82.4 cm³/mol. The van der Waals surface area contributed by atoms with Crippen molar-refractivity contribution in [1.29, 1.82) is 0 Å². The molecule has 0 aliphatic rings. The predicted octanol–water partition coefficient (Wildman–Crippen LogP) is 2.71. The van der Waals surface area contributed by atoms with E-state index in [1.165, 1.54) is 6.20 Å². The molecule has 1 heterocycles. The Morgan fingerprint density at radius 2 is 1.76 bits per heavy atom. The first-order chi connectivity index (χ1) is 10.2. The molecule has 0 spiro atoms. The average Bonchev–Trinajstić information content (AvgIpc) is 3.00. The number of anilines is 2. The molecular weight excluding hydrogens is 264 g/mol. The molecule has 0 aliphatic heterocycles. The standard InChI is InChI=1S/C16H14N4O/c17-14-8-4-5-9-15(14)19-16(21)12-10-18-20(11-12)13-6-2-1-3-7-13/h1-11H,17H2,(H,19,21). The first-order valence-electron chi connectivity index (χ1n) is 6.50. The monoisotopic (exact) mass is 278 g/mol. The number of nitrogens with zero attached hydrogens (tertiary/aromatic N) is 2. The van der Waals surface area contributed by atoms with Crippen LogP contribution in [0.1, 0.15) is 10.4 Å². The zero-order valence-corrected chi connectivity index (χ0v) is 11.2. The molecule has 0 bridgehead atoms. The second-order valence-electron chi connectivity index (χ2n) is 4.55. The summed E-state index contributed by atoms with van der Waals surface area (Å²) in [6.07, 6.45) is 3.21. The molecule has 3 N–H and O–H groups in total. The fourth-order valence-electron chi connectivity index (χ4n) is 1.97. The minimum atomic E-state index is -0.241. The van der Waals surface area contributed by atoms with E-state index in [-0.39, 0.29) is 5.91 Å². The van der Waals surface area contributed by atoms with E-state index in [9.17, 15) is 4.79 Å². The van der Waals surface area contributed by atoms with Crippen molar-refractivity contribution in [2.24, 2.45) is 0 Å². The maximum Gasteiger partial charge on any atom is 0.258 e. The van der Waals surface area contributed by atoms with Crippen LogP contribution >= 0.6 is 0 Å². The zero-order valence-electron chi connectivity index (χ0n) is 11.2. The minimum Gasteiger partial charge on any atom is -0.397 e. The van der Waals surface area contributed by atoms with Gasteiger partial charge in [-0.15, -0.1) is 0 Å². The topological polar surface area (TPSA) is 72.9 Å². The van der Waals surface area contributed by atoms with Crippen molar-refractivity contribution in [1.82, 2.24) is 9.78 Å². The lowest BCUT2D eigenvalue weighted by molar-refractivity contribution is 0.102. The number of nitrogen functional groups attached to an aromatic ring is 1. The van der Waals surface area contributed by atoms with Gasteiger partial charge >= 0.3 is 0 Å². The molecule has 5 nitrogen and oxygen atoms in total. The Kier molecular flexibility index (Phi) is 3.39. The van der Waals surface area contributed by atoms with Crippen LogP contribution in [-0.4, -0.2) is 15.7 Å². The maximum absolute atomic E-state index is 12.2. The number of hydrogen-bond acceptors (Lipinski definition) is 3. The van der Waals surface area contributed by atoms with Crippen molar-refractivity contribution >= 4 is 17.3 Å². The Hall–Kier alpha value is -3.08. The van der Waals surface area contributed by atoms with E-state index < -0.39 is 0 Å². The summed E-state index contributed by atoms with van der Waals surface area (Å²) >= 11 is 0. The summed E-state index contributed by atoms with van der Waals surface area (Å²) in [6, 6.07) is 16.7. The SMILES string of the molecule is Nc1ccccc1NC(=O)c1cnn(-c2ccccc2)c1. The second kappa shape index (κ2) is 5.50. The number of amides is 1. The smallest absolute Gasteiger partial charge is 0.258 e. The molecular formula is C16H14N4O. The number of nitrogens with two attached hydrogens (primary N) is 1. The van der Waals surface area contributed by atoms with Crippen molar-refractivity contribution in [3.05, 3.63) is 72.6 Å². The fraction of sp³-hybridized carbons (Fsp3) is 0. The fourth-order valence-corrected chi connectivity index (χ4v) is 1.97. The number of aromatic nitrogens is 2. The lowest BCUT2D eigenvalue weighted by Gasteiger charge is -2.06. The van der Waals surface area contributed by atoms with Crippen molar-refractivity contribution in [3.63, 3.8) is 0 Å². The molecule has 0 saturated carbocycles. The van der Waals surface area contributed by atoms with Crippen LogP contribution in [0.5, 0.6) is 0 Å². The number of rotatable bonds is 3. The van der Waals surface area contributed by atoms with E-state index in [2.05, 4.69) is 10.4 Å². The number of benzene rings is 2. The Balaban J connectivity index is 1.80. The van der Waals surface area contributed by atoms with Gasteiger partial charge in [0.1, 0.15) is 0 Å². The maximum atomic E-state index is 12.2. The molecule has 21 heavy (non-hydrogen) atoms. The van der Waals surface area contributed by atoms with Crippen LogP contribution in [0.3, 0.4) is 0 Å². The van der Waals surface area contributed by atoms with E-state index in [4.69, 9.17) is 5.73 Å². The third-order valence-electron chi connectivity index (χ3n) is 3.07. The average molecular weight is 278 g/mol. The van der Waals surface area contributed by atoms with Crippen molar-refractivity contribution in [2.75, 3.05) is 11.1 Å². The Morgan fingerprint density at radius 3 is 2.52 bits per heavy atom. The van der Waals surface area contributed by atoms with E-state index in [0.717, 1.165) is 5.69 Å². The molecule has 3 rings (SSSR count). The van der Waals surface area contributed by atoms with Crippen LogP contribution in [0.4, 0.5) is 11.4 Å². The van der Waals surface area contributed by atoms with Crippen LogP contribution in [0, 0.1) is 0 Å². The Labute approximate surface area is 122 Å². The Bertz CT molecular complexity index is 765. The second-order valence-corrected chi connectivity index (χ2v) is 4.55. The third kappa shape index (κ3) is 2.76. The number of hydrogen-bond donors (Lipinski definition) is 2. The van der Waals surface area contributed by atoms with Crippen LogP contribution in [0.2, 0.25) is 0 Å². The van der Waals surface area contributed by atoms with Gasteiger partial charge in [0.05, 0.1) is 28.8 Å². The van der Waals surface area contributed by atoms with Gasteiger partial charge in [-0.25, -0.2) is 4.68 Å². The highest BCUT2D eigenvalue weighted by atomic mass is 16.1. The lowest BCUT2D eigenvalue weighted by Crippen LogP contribution is -2.12. The van der Waals surface area contributed by atoms with E-state index >= 15 is 0 Å². The van der Waals surface area contributed by atoms with Gasteiger partial charge in [0.2, 0.25) is 0 Å². The summed E-state index contributed by atoms with van der Waals surface area (Å²) in [5, 5.41) is 6.97. The van der Waals surface area contributed by atoms with Gasteiger partial charge in [0.15, 0.2) is 0 Å². The van der Waals surface area contributed by atoms with Crippen LogP contribution in [0.15, 0.2) is 67.0 Å². The molecule has 104 valence electrons. The molecule has 0 fully saturated rings. The quantitative estimate of drug-likeness (QED) is 0.723. The summed E-state index contributed by atoms with van der Waals surface area (Å²) in [5.41, 5.74) is 8.30. The van der Waals surface area contributed by atoms with Gasteiger partial charge < -0.3 is 11.1 Å². The highest BCUT2D eigenvalue weighted by molar-refractivity contribution is 6.05. The molecule has 5 heteroatoms.